The van der Waals surface area contributed by atoms with Gasteiger partial charge >= 0.3 is 0 Å². The van der Waals surface area contributed by atoms with Crippen LogP contribution in [0.15, 0.2) is 47.8 Å². The van der Waals surface area contributed by atoms with Gasteiger partial charge in [0, 0.05) is 4.88 Å². The molecule has 1 amide bonds. The first-order chi connectivity index (χ1) is 10.0. The number of likely N-dealkylation sites (N-methyl/N-ethyl adjacent to an activating group) is 1. The predicted molar refractivity (Wildman–Crippen MR) is 88.5 cm³/mol. The maximum absolute atomic E-state index is 12.6. The number of nitrogens with one attached hydrogen (secondary N) is 2. The van der Waals surface area contributed by atoms with Gasteiger partial charge < -0.3 is 10.6 Å². The van der Waals surface area contributed by atoms with Crippen molar-refractivity contribution in [3.05, 3.63) is 58.3 Å². The molecule has 2 aromatic rings. The monoisotopic (exact) mass is 302 g/mol. The number of thiophene rings is 1. The Bertz CT molecular complexity index is 564. The smallest absolute Gasteiger partial charge is 0.240 e. The average molecular weight is 302 g/mol. The summed E-state index contributed by atoms with van der Waals surface area (Å²) >= 11 is 1.66. The molecule has 21 heavy (non-hydrogen) atoms. The fourth-order valence-electron chi connectivity index (χ4n) is 2.25. The molecule has 0 aliphatic carbocycles. The van der Waals surface area contributed by atoms with Crippen molar-refractivity contribution in [1.29, 1.82) is 0 Å². The Hall–Kier alpha value is -1.65. The molecule has 0 aliphatic heterocycles. The fourth-order valence-corrected chi connectivity index (χ4v) is 3.06. The van der Waals surface area contributed by atoms with Gasteiger partial charge in [-0.15, -0.1) is 11.3 Å². The number of hydrogen-bond acceptors (Lipinski definition) is 3. The van der Waals surface area contributed by atoms with Crippen LogP contribution in [0.3, 0.4) is 0 Å². The van der Waals surface area contributed by atoms with Crippen LogP contribution in [0.25, 0.3) is 0 Å². The van der Waals surface area contributed by atoms with Crippen molar-refractivity contribution in [1.82, 2.24) is 10.6 Å². The van der Waals surface area contributed by atoms with E-state index < -0.39 is 5.54 Å². The van der Waals surface area contributed by atoms with E-state index in [-0.39, 0.29) is 11.9 Å². The number of benzene rings is 1. The van der Waals surface area contributed by atoms with Crippen LogP contribution in [0.2, 0.25) is 0 Å². The van der Waals surface area contributed by atoms with Crippen LogP contribution in [0, 0.1) is 0 Å². The second-order valence-electron chi connectivity index (χ2n) is 5.49. The molecule has 0 bridgehead atoms. The predicted octanol–water partition coefficient (Wildman–Crippen LogP) is 3.34. The van der Waals surface area contributed by atoms with Gasteiger partial charge in [0.15, 0.2) is 0 Å². The standard InChI is InChI=1S/C17H22N2OS/c1-4-18-17(2,3)16(20)19-15(14-11-8-12-21-14)13-9-6-5-7-10-13/h5-12,15,18H,4H2,1-3H3,(H,19,20). The minimum absolute atomic E-state index is 0.00611. The van der Waals surface area contributed by atoms with Crippen molar-refractivity contribution < 1.29 is 4.79 Å². The lowest BCUT2D eigenvalue weighted by molar-refractivity contribution is -0.126. The number of amides is 1. The lowest BCUT2D eigenvalue weighted by Crippen LogP contribution is -2.53. The van der Waals surface area contributed by atoms with E-state index in [1.807, 2.05) is 62.5 Å². The number of hydrogen-bond donors (Lipinski definition) is 2. The summed E-state index contributed by atoms with van der Waals surface area (Å²) in [6.45, 7) is 6.57. The van der Waals surface area contributed by atoms with Crippen LogP contribution in [0.5, 0.6) is 0 Å². The molecule has 0 radical (unpaired) electrons. The summed E-state index contributed by atoms with van der Waals surface area (Å²) in [7, 11) is 0. The van der Waals surface area contributed by atoms with E-state index in [0.717, 1.165) is 17.0 Å². The molecule has 4 heteroatoms. The third kappa shape index (κ3) is 3.93. The molecule has 3 nitrogen and oxygen atoms in total. The van der Waals surface area contributed by atoms with Crippen LogP contribution in [-0.2, 0) is 4.79 Å². The molecule has 1 unspecified atom stereocenters. The Morgan fingerprint density at radius 3 is 2.48 bits per heavy atom. The molecular weight excluding hydrogens is 280 g/mol. The Balaban J connectivity index is 2.24. The van der Waals surface area contributed by atoms with Crippen molar-refractivity contribution in [3.8, 4) is 0 Å². The second-order valence-corrected chi connectivity index (χ2v) is 6.47. The van der Waals surface area contributed by atoms with Gasteiger partial charge in [0.25, 0.3) is 0 Å². The van der Waals surface area contributed by atoms with Gasteiger partial charge in [-0.3, -0.25) is 4.79 Å². The highest BCUT2D eigenvalue weighted by atomic mass is 32.1. The quantitative estimate of drug-likeness (QED) is 0.859. The van der Waals surface area contributed by atoms with Crippen LogP contribution >= 0.6 is 11.3 Å². The summed E-state index contributed by atoms with van der Waals surface area (Å²) in [6, 6.07) is 14.0. The van der Waals surface area contributed by atoms with Crippen molar-refractivity contribution in [2.75, 3.05) is 6.54 Å². The minimum Gasteiger partial charge on any atom is -0.343 e. The topological polar surface area (TPSA) is 41.1 Å². The van der Waals surface area contributed by atoms with Crippen LogP contribution < -0.4 is 10.6 Å². The molecule has 0 fully saturated rings. The SMILES string of the molecule is CCNC(C)(C)C(=O)NC(c1ccccc1)c1cccs1. The van der Waals surface area contributed by atoms with Crippen molar-refractivity contribution in [3.63, 3.8) is 0 Å². The molecule has 112 valence electrons. The van der Waals surface area contributed by atoms with Crippen LogP contribution in [0.4, 0.5) is 0 Å². The summed E-state index contributed by atoms with van der Waals surface area (Å²) in [6.07, 6.45) is 0. The Morgan fingerprint density at radius 1 is 1.19 bits per heavy atom. The van der Waals surface area contributed by atoms with Crippen LogP contribution in [-0.4, -0.2) is 18.0 Å². The normalized spacial score (nSPS) is 12.9. The number of carbonyl (C=O) groups excluding carboxylic acids is 1. The highest BCUT2D eigenvalue weighted by Gasteiger charge is 2.29. The lowest BCUT2D eigenvalue weighted by atomic mass is 10.0. The first-order valence-corrected chi connectivity index (χ1v) is 8.07. The van der Waals surface area contributed by atoms with E-state index in [1.165, 1.54) is 0 Å². The molecule has 0 saturated heterocycles. The minimum atomic E-state index is -0.584. The van der Waals surface area contributed by atoms with Gasteiger partial charge in [0.2, 0.25) is 5.91 Å². The van der Waals surface area contributed by atoms with Gasteiger partial charge in [-0.25, -0.2) is 0 Å². The van der Waals surface area contributed by atoms with Crippen molar-refractivity contribution in [2.45, 2.75) is 32.4 Å². The Labute approximate surface area is 130 Å². The van der Waals surface area contributed by atoms with E-state index in [2.05, 4.69) is 16.7 Å². The van der Waals surface area contributed by atoms with Gasteiger partial charge in [0.1, 0.15) is 0 Å². The van der Waals surface area contributed by atoms with Gasteiger partial charge in [-0.05, 0) is 37.4 Å². The molecule has 1 heterocycles. The van der Waals surface area contributed by atoms with E-state index >= 15 is 0 Å². The Kier molecular flexibility index (Phi) is 5.15. The first-order valence-electron chi connectivity index (χ1n) is 7.19. The first kappa shape index (κ1) is 15.7. The third-order valence-electron chi connectivity index (χ3n) is 3.42. The molecule has 1 atom stereocenters. The fraction of sp³-hybridized carbons (Fsp3) is 0.353. The lowest BCUT2D eigenvalue weighted by Gasteiger charge is -2.28. The summed E-state index contributed by atoms with van der Waals surface area (Å²) in [4.78, 5) is 13.7. The Morgan fingerprint density at radius 2 is 1.90 bits per heavy atom. The summed E-state index contributed by atoms with van der Waals surface area (Å²) in [5, 5.41) is 8.42. The highest BCUT2D eigenvalue weighted by molar-refractivity contribution is 7.10. The largest absolute Gasteiger partial charge is 0.343 e. The van der Waals surface area contributed by atoms with Crippen LogP contribution in [0.1, 0.15) is 37.3 Å². The van der Waals surface area contributed by atoms with Gasteiger partial charge in [-0.1, -0.05) is 43.3 Å². The second kappa shape index (κ2) is 6.87. The number of rotatable bonds is 6. The van der Waals surface area contributed by atoms with E-state index in [9.17, 15) is 4.79 Å². The molecule has 1 aromatic carbocycles. The third-order valence-corrected chi connectivity index (χ3v) is 4.36. The zero-order valence-corrected chi connectivity index (χ0v) is 13.5. The maximum atomic E-state index is 12.6. The molecule has 0 aliphatic rings. The van der Waals surface area contributed by atoms with E-state index in [0.29, 0.717) is 0 Å². The molecule has 0 spiro atoms. The zero-order valence-electron chi connectivity index (χ0n) is 12.7. The molecule has 2 N–H and O–H groups in total. The highest BCUT2D eigenvalue weighted by Crippen LogP contribution is 2.26. The van der Waals surface area contributed by atoms with E-state index in [1.54, 1.807) is 11.3 Å². The molecule has 1 aromatic heterocycles. The van der Waals surface area contributed by atoms with Crippen molar-refractivity contribution in [2.24, 2.45) is 0 Å². The van der Waals surface area contributed by atoms with E-state index in [4.69, 9.17) is 0 Å². The molecular formula is C17H22N2OS. The maximum Gasteiger partial charge on any atom is 0.240 e. The zero-order chi connectivity index (χ0) is 15.3. The summed E-state index contributed by atoms with van der Waals surface area (Å²) < 4.78 is 0. The summed E-state index contributed by atoms with van der Waals surface area (Å²) in [5.74, 6) is 0.00611. The molecule has 2 rings (SSSR count). The molecule has 0 saturated carbocycles. The van der Waals surface area contributed by atoms with Gasteiger partial charge in [-0.2, -0.15) is 0 Å². The average Bonchev–Trinajstić information content (AvgIpc) is 2.99. The van der Waals surface area contributed by atoms with Crippen molar-refractivity contribution >= 4 is 17.2 Å². The summed E-state index contributed by atoms with van der Waals surface area (Å²) in [5.41, 5.74) is 0.513. The van der Waals surface area contributed by atoms with Gasteiger partial charge in [0.05, 0.1) is 11.6 Å². The number of carbonyl (C=O) groups is 1.